The van der Waals surface area contributed by atoms with Crippen molar-refractivity contribution in [1.29, 1.82) is 0 Å². The summed E-state index contributed by atoms with van der Waals surface area (Å²) < 4.78 is 0. The summed E-state index contributed by atoms with van der Waals surface area (Å²) in [5.74, 6) is -0.897. The van der Waals surface area contributed by atoms with Crippen LogP contribution in [-0.2, 0) is 0 Å². The van der Waals surface area contributed by atoms with Crippen LogP contribution in [-0.4, -0.2) is 51.3 Å². The Morgan fingerprint density at radius 1 is 1.19 bits per heavy atom. The summed E-state index contributed by atoms with van der Waals surface area (Å²) in [5, 5.41) is 18.9. The molecular weight excluding hydrogens is 362 g/mol. The van der Waals surface area contributed by atoms with Gasteiger partial charge in [0.25, 0.3) is 5.91 Å². The SMILES string of the molecule is CC(C)O.NC(=NCCCCCCO)NC(=O)c1nc(Cl)c(N)nc1N. The number of hydrogen-bond donors (Lipinski definition) is 6. The van der Waals surface area contributed by atoms with Crippen molar-refractivity contribution in [2.24, 2.45) is 10.7 Å². The second-order valence-corrected chi connectivity index (χ2v) is 5.94. The number of nitrogens with one attached hydrogen (secondary N) is 1. The number of aliphatic hydroxyl groups excluding tert-OH is 2. The van der Waals surface area contributed by atoms with E-state index in [1.807, 2.05) is 0 Å². The fraction of sp³-hybridized carbons (Fsp3) is 0.600. The molecule has 11 heteroatoms. The number of aliphatic imine (C=N–C) groups is 1. The molecule has 0 saturated heterocycles. The molecule has 1 amide bonds. The van der Waals surface area contributed by atoms with Gasteiger partial charge >= 0.3 is 0 Å². The van der Waals surface area contributed by atoms with E-state index in [0.29, 0.717) is 6.54 Å². The van der Waals surface area contributed by atoms with Gasteiger partial charge in [0.2, 0.25) is 0 Å². The fourth-order valence-electron chi connectivity index (χ4n) is 1.60. The molecule has 0 atom stereocenters. The number of halogens is 1. The van der Waals surface area contributed by atoms with Gasteiger partial charge in [-0.3, -0.25) is 15.1 Å². The van der Waals surface area contributed by atoms with Crippen LogP contribution in [0, 0.1) is 0 Å². The van der Waals surface area contributed by atoms with Crippen LogP contribution < -0.4 is 22.5 Å². The summed E-state index contributed by atoms with van der Waals surface area (Å²) >= 11 is 5.70. The van der Waals surface area contributed by atoms with Gasteiger partial charge < -0.3 is 27.4 Å². The van der Waals surface area contributed by atoms with E-state index in [1.54, 1.807) is 13.8 Å². The Morgan fingerprint density at radius 2 is 1.77 bits per heavy atom. The molecule has 0 fully saturated rings. The predicted molar refractivity (Wildman–Crippen MR) is 103 cm³/mol. The largest absolute Gasteiger partial charge is 0.396 e. The van der Waals surface area contributed by atoms with Crippen LogP contribution in [0.5, 0.6) is 0 Å². The standard InChI is InChI=1S/C12H20ClN7O2.C3H8O/c13-8-10(15)19-9(14)7(18-8)11(22)20-12(16)17-5-3-1-2-4-6-21;1-3(2)4/h21H,1-6H2,(H4,14,15,19)(H3,16,17,20,22);3-4H,1-2H3. The number of amides is 1. The first kappa shape index (κ1) is 23.8. The van der Waals surface area contributed by atoms with Crippen LogP contribution >= 0.6 is 11.6 Å². The summed E-state index contributed by atoms with van der Waals surface area (Å²) in [6, 6.07) is 0. The molecule has 0 aliphatic carbocycles. The zero-order valence-corrected chi connectivity index (χ0v) is 15.8. The van der Waals surface area contributed by atoms with Gasteiger partial charge in [-0.2, -0.15) is 0 Å². The number of aromatic nitrogens is 2. The fourth-order valence-corrected chi connectivity index (χ4v) is 1.73. The number of nitrogens with zero attached hydrogens (tertiary/aromatic N) is 3. The van der Waals surface area contributed by atoms with E-state index in [-0.39, 0.29) is 41.2 Å². The lowest BCUT2D eigenvalue weighted by Gasteiger charge is -2.07. The Morgan fingerprint density at radius 3 is 2.35 bits per heavy atom. The third kappa shape index (κ3) is 10.6. The summed E-state index contributed by atoms with van der Waals surface area (Å²) in [6.07, 6.45) is 3.27. The van der Waals surface area contributed by atoms with Crippen molar-refractivity contribution in [1.82, 2.24) is 15.3 Å². The highest BCUT2D eigenvalue weighted by molar-refractivity contribution is 6.31. The number of nitrogens with two attached hydrogens (primary N) is 3. The zero-order chi connectivity index (χ0) is 20.1. The summed E-state index contributed by atoms with van der Waals surface area (Å²) in [5.41, 5.74) is 16.4. The number of anilines is 2. The first-order valence-corrected chi connectivity index (χ1v) is 8.55. The van der Waals surface area contributed by atoms with E-state index in [4.69, 9.17) is 39.0 Å². The smallest absolute Gasteiger partial charge is 0.280 e. The van der Waals surface area contributed by atoms with Crippen LogP contribution in [0.4, 0.5) is 11.6 Å². The maximum atomic E-state index is 11.9. The first-order chi connectivity index (χ1) is 12.2. The molecule has 1 heterocycles. The number of carbonyl (C=O) groups is 1. The molecule has 0 aliphatic rings. The quantitative estimate of drug-likeness (QED) is 0.218. The number of rotatable bonds is 7. The van der Waals surface area contributed by atoms with Crippen molar-refractivity contribution in [3.8, 4) is 0 Å². The van der Waals surface area contributed by atoms with Gasteiger partial charge in [0.15, 0.2) is 28.4 Å². The van der Waals surface area contributed by atoms with E-state index in [9.17, 15) is 4.79 Å². The second-order valence-electron chi connectivity index (χ2n) is 5.59. The average Bonchev–Trinajstić information content (AvgIpc) is 2.53. The van der Waals surface area contributed by atoms with Crippen LogP contribution in [0.1, 0.15) is 50.0 Å². The highest BCUT2D eigenvalue weighted by Gasteiger charge is 2.16. The van der Waals surface area contributed by atoms with Gasteiger partial charge in [0, 0.05) is 19.3 Å². The predicted octanol–water partition coefficient (Wildman–Crippen LogP) is 0.279. The van der Waals surface area contributed by atoms with E-state index >= 15 is 0 Å². The summed E-state index contributed by atoms with van der Waals surface area (Å²) in [6.45, 7) is 4.11. The molecule has 0 unspecified atom stereocenters. The molecule has 0 aromatic carbocycles. The Kier molecular flexibility index (Phi) is 12.0. The molecule has 0 aliphatic heterocycles. The normalized spacial score (nSPS) is 11.1. The number of carbonyl (C=O) groups excluding carboxylic acids is 1. The van der Waals surface area contributed by atoms with E-state index in [2.05, 4.69) is 20.3 Å². The Bertz CT molecular complexity index is 594. The lowest BCUT2D eigenvalue weighted by atomic mass is 10.2. The van der Waals surface area contributed by atoms with Gasteiger partial charge in [-0.1, -0.05) is 24.4 Å². The van der Waals surface area contributed by atoms with Crippen molar-refractivity contribution in [2.45, 2.75) is 45.6 Å². The van der Waals surface area contributed by atoms with Crippen LogP contribution in [0.25, 0.3) is 0 Å². The van der Waals surface area contributed by atoms with Gasteiger partial charge in [-0.15, -0.1) is 0 Å². The molecule has 0 saturated carbocycles. The van der Waals surface area contributed by atoms with Crippen molar-refractivity contribution >= 4 is 35.1 Å². The van der Waals surface area contributed by atoms with Gasteiger partial charge in [0.1, 0.15) is 0 Å². The van der Waals surface area contributed by atoms with Crippen molar-refractivity contribution in [2.75, 3.05) is 24.6 Å². The maximum Gasteiger partial charge on any atom is 0.280 e. The Balaban J connectivity index is 0.00000141. The molecule has 1 rings (SSSR count). The molecule has 26 heavy (non-hydrogen) atoms. The molecule has 1 aromatic rings. The number of aliphatic hydroxyl groups is 2. The second kappa shape index (κ2) is 13.1. The first-order valence-electron chi connectivity index (χ1n) is 8.17. The molecule has 9 N–H and O–H groups in total. The van der Waals surface area contributed by atoms with Crippen LogP contribution in [0.15, 0.2) is 4.99 Å². The minimum Gasteiger partial charge on any atom is -0.396 e. The zero-order valence-electron chi connectivity index (χ0n) is 15.1. The van der Waals surface area contributed by atoms with Gasteiger partial charge in [-0.05, 0) is 26.7 Å². The van der Waals surface area contributed by atoms with E-state index in [0.717, 1.165) is 25.7 Å². The Labute approximate surface area is 157 Å². The summed E-state index contributed by atoms with van der Waals surface area (Å²) in [7, 11) is 0. The van der Waals surface area contributed by atoms with Crippen LogP contribution in [0.2, 0.25) is 5.15 Å². The molecule has 10 nitrogen and oxygen atoms in total. The van der Waals surface area contributed by atoms with Gasteiger partial charge in [-0.25, -0.2) is 9.97 Å². The van der Waals surface area contributed by atoms with Crippen LogP contribution in [0.3, 0.4) is 0 Å². The molecule has 1 aromatic heterocycles. The Hall–Kier alpha value is -2.17. The average molecular weight is 390 g/mol. The molecule has 0 radical (unpaired) electrons. The number of guanidine groups is 1. The van der Waals surface area contributed by atoms with Crippen molar-refractivity contribution in [3.63, 3.8) is 0 Å². The highest BCUT2D eigenvalue weighted by atomic mass is 35.5. The van der Waals surface area contributed by atoms with Gasteiger partial charge in [0.05, 0.1) is 0 Å². The topological polar surface area (TPSA) is 186 Å². The molecular formula is C15H28ClN7O3. The van der Waals surface area contributed by atoms with Crippen molar-refractivity contribution in [3.05, 3.63) is 10.8 Å². The third-order valence-electron chi connectivity index (χ3n) is 2.71. The number of unbranched alkanes of at least 4 members (excludes halogenated alkanes) is 3. The van der Waals surface area contributed by atoms with E-state index in [1.165, 1.54) is 0 Å². The summed E-state index contributed by atoms with van der Waals surface area (Å²) in [4.78, 5) is 23.4. The number of hydrogen-bond acceptors (Lipinski definition) is 8. The minimum absolute atomic E-state index is 0.0405. The monoisotopic (exact) mass is 389 g/mol. The minimum atomic E-state index is -0.659. The highest BCUT2D eigenvalue weighted by Crippen LogP contribution is 2.17. The van der Waals surface area contributed by atoms with E-state index < -0.39 is 5.91 Å². The number of nitrogen functional groups attached to an aromatic ring is 2. The molecule has 0 bridgehead atoms. The lowest BCUT2D eigenvalue weighted by molar-refractivity contribution is 0.0972. The molecule has 0 spiro atoms. The maximum absolute atomic E-state index is 11.9. The lowest BCUT2D eigenvalue weighted by Crippen LogP contribution is -2.38. The third-order valence-corrected chi connectivity index (χ3v) is 2.99. The van der Waals surface area contributed by atoms with Crippen molar-refractivity contribution < 1.29 is 15.0 Å². The molecule has 148 valence electrons.